The van der Waals surface area contributed by atoms with Gasteiger partial charge in [0.15, 0.2) is 11.0 Å². The number of ether oxygens (including phenoxy) is 1. The van der Waals surface area contributed by atoms with E-state index in [0.717, 1.165) is 21.5 Å². The molecule has 2 aromatic carbocycles. The molecule has 0 bridgehead atoms. The maximum Gasteiger partial charge on any atom is 0.232 e. The molecule has 9 heteroatoms. The fraction of sp³-hybridized carbons (Fsp3) is 0.0909. The van der Waals surface area contributed by atoms with Crippen LogP contribution in [0.25, 0.3) is 21.6 Å². The second-order valence-corrected chi connectivity index (χ2v) is 8.47. The Hall–Kier alpha value is -3.43. The van der Waals surface area contributed by atoms with Gasteiger partial charge in [-0.1, -0.05) is 36.0 Å². The molecule has 0 radical (unpaired) electrons. The third-order valence-electron chi connectivity index (χ3n) is 4.54. The second kappa shape index (κ2) is 8.37. The highest BCUT2D eigenvalue weighted by Crippen LogP contribution is 2.33. The fourth-order valence-electron chi connectivity index (χ4n) is 3.11. The van der Waals surface area contributed by atoms with Crippen molar-refractivity contribution in [2.24, 2.45) is 0 Å². The van der Waals surface area contributed by atoms with Gasteiger partial charge in [-0.3, -0.25) is 0 Å². The van der Waals surface area contributed by atoms with Crippen molar-refractivity contribution >= 4 is 45.0 Å². The molecule has 0 spiro atoms. The number of H-pyrrole nitrogens is 1. The van der Waals surface area contributed by atoms with Crippen molar-refractivity contribution in [1.29, 1.82) is 0 Å². The van der Waals surface area contributed by atoms with E-state index in [4.69, 9.17) is 4.74 Å². The Bertz CT molecular complexity index is 1360. The van der Waals surface area contributed by atoms with Crippen molar-refractivity contribution in [1.82, 2.24) is 25.1 Å². The van der Waals surface area contributed by atoms with Gasteiger partial charge in [-0.15, -0.1) is 21.5 Å². The summed E-state index contributed by atoms with van der Waals surface area (Å²) < 4.78 is 6.13. The number of nitrogens with zero attached hydrogens (tertiary/aromatic N) is 4. The Morgan fingerprint density at radius 3 is 2.81 bits per heavy atom. The lowest BCUT2D eigenvalue weighted by atomic mass is 10.2. The molecule has 0 saturated carbocycles. The molecule has 154 valence electrons. The first kappa shape index (κ1) is 19.5. The Balaban J connectivity index is 1.40. The van der Waals surface area contributed by atoms with Crippen LogP contribution in [-0.2, 0) is 0 Å². The average molecular weight is 447 g/mol. The lowest BCUT2D eigenvalue weighted by molar-refractivity contribution is 0.463. The topological polar surface area (TPSA) is 88.6 Å². The molecule has 31 heavy (non-hydrogen) atoms. The molecule has 3 aromatic heterocycles. The number of aromatic amines is 1. The van der Waals surface area contributed by atoms with Crippen molar-refractivity contribution in [2.45, 2.75) is 12.1 Å². The Labute approximate surface area is 186 Å². The lowest BCUT2D eigenvalue weighted by Gasteiger charge is -2.08. The van der Waals surface area contributed by atoms with Gasteiger partial charge in [-0.05, 0) is 54.5 Å². The van der Waals surface area contributed by atoms with E-state index in [1.54, 1.807) is 11.3 Å². The summed E-state index contributed by atoms with van der Waals surface area (Å²) in [7, 11) is 0. The van der Waals surface area contributed by atoms with E-state index in [-0.39, 0.29) is 0 Å². The summed E-state index contributed by atoms with van der Waals surface area (Å²) in [5.74, 6) is 2.44. The summed E-state index contributed by atoms with van der Waals surface area (Å²) in [4.78, 5) is 13.2. The largest absolute Gasteiger partial charge is 0.438 e. The number of aryl methyl sites for hydroxylation is 1. The molecule has 0 amide bonds. The van der Waals surface area contributed by atoms with Gasteiger partial charge in [0, 0.05) is 11.3 Å². The van der Waals surface area contributed by atoms with Crippen LogP contribution < -0.4 is 10.1 Å². The summed E-state index contributed by atoms with van der Waals surface area (Å²) in [6.45, 7) is 2.05. The minimum Gasteiger partial charge on any atom is -0.438 e. The first-order valence-corrected chi connectivity index (χ1v) is 11.6. The van der Waals surface area contributed by atoms with E-state index in [1.807, 2.05) is 73.2 Å². The molecule has 5 rings (SSSR count). The fourth-order valence-corrected chi connectivity index (χ4v) is 4.27. The Morgan fingerprint density at radius 2 is 1.94 bits per heavy atom. The highest BCUT2D eigenvalue weighted by molar-refractivity contribution is 7.98. The summed E-state index contributed by atoms with van der Waals surface area (Å²) >= 11 is 3.06. The van der Waals surface area contributed by atoms with Gasteiger partial charge in [-0.25, -0.2) is 4.98 Å². The van der Waals surface area contributed by atoms with E-state index in [1.165, 1.54) is 17.3 Å². The quantitative estimate of drug-likeness (QED) is 0.243. The highest BCUT2D eigenvalue weighted by atomic mass is 32.2. The van der Waals surface area contributed by atoms with E-state index >= 15 is 0 Å². The second-order valence-electron chi connectivity index (χ2n) is 6.80. The smallest absolute Gasteiger partial charge is 0.232 e. The first-order valence-electron chi connectivity index (χ1n) is 9.52. The number of hydrogen-bond donors (Lipinski definition) is 2. The van der Waals surface area contributed by atoms with E-state index < -0.39 is 0 Å². The van der Waals surface area contributed by atoms with Gasteiger partial charge in [0.1, 0.15) is 10.6 Å². The molecule has 0 aliphatic carbocycles. The zero-order chi connectivity index (χ0) is 21.2. The summed E-state index contributed by atoms with van der Waals surface area (Å²) in [5, 5.41) is 15.3. The minimum absolute atomic E-state index is 0.548. The monoisotopic (exact) mass is 446 g/mol. The van der Waals surface area contributed by atoms with Crippen LogP contribution in [0.1, 0.15) is 5.56 Å². The normalized spacial score (nSPS) is 11.0. The van der Waals surface area contributed by atoms with Gasteiger partial charge < -0.3 is 15.0 Å². The number of anilines is 2. The van der Waals surface area contributed by atoms with Crippen molar-refractivity contribution in [2.75, 3.05) is 11.6 Å². The number of hydrogen-bond acceptors (Lipinski definition) is 8. The molecule has 0 atom stereocenters. The summed E-state index contributed by atoms with van der Waals surface area (Å²) in [6.07, 6.45) is 1.95. The number of thiophene rings is 1. The van der Waals surface area contributed by atoms with Gasteiger partial charge in [0.05, 0.1) is 5.39 Å². The maximum atomic E-state index is 6.13. The van der Waals surface area contributed by atoms with Crippen LogP contribution >= 0.6 is 23.1 Å². The van der Waals surface area contributed by atoms with Crippen molar-refractivity contribution < 1.29 is 4.74 Å². The third kappa shape index (κ3) is 4.23. The van der Waals surface area contributed by atoms with Crippen LogP contribution in [0.5, 0.6) is 11.6 Å². The number of fused-ring (bicyclic) bond motifs is 1. The van der Waals surface area contributed by atoms with Crippen LogP contribution in [0.2, 0.25) is 0 Å². The van der Waals surface area contributed by atoms with Crippen molar-refractivity contribution in [3.05, 3.63) is 65.5 Å². The average Bonchev–Trinajstić information content (AvgIpc) is 3.43. The predicted octanol–water partition coefficient (Wildman–Crippen LogP) is 6.04. The Morgan fingerprint density at radius 1 is 1.03 bits per heavy atom. The van der Waals surface area contributed by atoms with E-state index in [0.29, 0.717) is 28.6 Å². The zero-order valence-corrected chi connectivity index (χ0v) is 18.4. The van der Waals surface area contributed by atoms with Gasteiger partial charge in [0.25, 0.3) is 0 Å². The van der Waals surface area contributed by atoms with Crippen LogP contribution in [-0.4, -0.2) is 31.4 Å². The summed E-state index contributed by atoms with van der Waals surface area (Å²) in [6, 6.07) is 17.7. The standard InChI is InChI=1S/C22H18N6OS2/c1-13-5-3-7-15(11-13)23-21-24-18(27-28-21)14-6-4-8-16(12-14)29-19-17-9-10-31-20(17)26-22(25-19)30-2/h3-12H,1-2H3,(H2,23,24,27,28). The SMILES string of the molecule is CSc1nc(Oc2cccc(-c3nnc(Nc4cccc(C)c4)[nH]3)c2)c2ccsc2n1. The molecule has 5 aromatic rings. The number of thioether (sulfide) groups is 1. The van der Waals surface area contributed by atoms with Crippen LogP contribution in [0.15, 0.2) is 65.1 Å². The molecular weight excluding hydrogens is 428 g/mol. The molecule has 0 aliphatic heterocycles. The van der Waals surface area contributed by atoms with E-state index in [9.17, 15) is 0 Å². The molecule has 0 fully saturated rings. The number of aromatic nitrogens is 5. The number of nitrogens with one attached hydrogen (secondary N) is 2. The zero-order valence-electron chi connectivity index (χ0n) is 16.8. The Kier molecular flexibility index (Phi) is 5.27. The van der Waals surface area contributed by atoms with E-state index in [2.05, 4.69) is 30.5 Å². The van der Waals surface area contributed by atoms with Gasteiger partial charge >= 0.3 is 0 Å². The lowest BCUT2D eigenvalue weighted by Crippen LogP contribution is -1.93. The molecular formula is C22H18N6OS2. The molecule has 7 nitrogen and oxygen atoms in total. The highest BCUT2D eigenvalue weighted by Gasteiger charge is 2.12. The first-order chi connectivity index (χ1) is 15.2. The minimum atomic E-state index is 0.548. The number of benzene rings is 2. The third-order valence-corrected chi connectivity index (χ3v) is 5.90. The van der Waals surface area contributed by atoms with Crippen LogP contribution in [0, 0.1) is 6.92 Å². The van der Waals surface area contributed by atoms with Crippen molar-refractivity contribution in [3.63, 3.8) is 0 Å². The molecule has 2 N–H and O–H groups in total. The van der Waals surface area contributed by atoms with Crippen LogP contribution in [0.3, 0.4) is 0 Å². The molecule has 0 unspecified atom stereocenters. The van der Waals surface area contributed by atoms with Gasteiger partial charge in [-0.2, -0.15) is 4.98 Å². The molecule has 3 heterocycles. The van der Waals surface area contributed by atoms with Crippen LogP contribution in [0.4, 0.5) is 11.6 Å². The molecule has 0 aliphatic rings. The van der Waals surface area contributed by atoms with Crippen molar-refractivity contribution in [3.8, 4) is 23.0 Å². The van der Waals surface area contributed by atoms with Gasteiger partial charge in [0.2, 0.25) is 11.8 Å². The summed E-state index contributed by atoms with van der Waals surface area (Å²) in [5.41, 5.74) is 2.99. The maximum absolute atomic E-state index is 6.13. The number of rotatable bonds is 6. The predicted molar refractivity (Wildman–Crippen MR) is 126 cm³/mol. The molecule has 0 saturated heterocycles.